The number of carbonyl (C=O) groups is 1. The zero-order valence-electron chi connectivity index (χ0n) is 16.7. The number of benzene rings is 2. The second-order valence-electron chi connectivity index (χ2n) is 7.61. The van der Waals surface area contributed by atoms with Crippen LogP contribution in [-0.4, -0.2) is 17.1 Å². The standard InChI is InChI=1S/C25H23N3OS/c29-24(27-14-17-8-2-1-3-9-17)23-20-11-5-7-13-22(20)30-25(23)28-16-18-15-26-21-12-6-4-10-19(18)21/h1-4,6,8-10,12,15-16,26H,5,7,11,13-14H2,(H,27,29)/b28-16+. The van der Waals surface area contributed by atoms with E-state index in [9.17, 15) is 4.79 Å². The molecule has 0 fully saturated rings. The van der Waals surface area contributed by atoms with Gasteiger partial charge in [-0.25, -0.2) is 4.99 Å². The number of H-pyrrole nitrogens is 1. The van der Waals surface area contributed by atoms with Crippen LogP contribution >= 0.6 is 11.3 Å². The minimum Gasteiger partial charge on any atom is -0.361 e. The Labute approximate surface area is 179 Å². The number of aromatic nitrogens is 1. The molecule has 0 saturated heterocycles. The summed E-state index contributed by atoms with van der Waals surface area (Å²) in [4.78, 5) is 22.6. The van der Waals surface area contributed by atoms with Crippen molar-refractivity contribution in [1.29, 1.82) is 0 Å². The van der Waals surface area contributed by atoms with Gasteiger partial charge < -0.3 is 10.3 Å². The fourth-order valence-corrected chi connectivity index (χ4v) is 5.30. The molecule has 4 aromatic rings. The third-order valence-corrected chi connectivity index (χ3v) is 6.82. The number of hydrogen-bond acceptors (Lipinski definition) is 3. The molecule has 150 valence electrons. The van der Waals surface area contributed by atoms with Crippen molar-refractivity contribution in [1.82, 2.24) is 10.3 Å². The maximum absolute atomic E-state index is 13.2. The summed E-state index contributed by atoms with van der Waals surface area (Å²) in [5.74, 6) is -0.0238. The van der Waals surface area contributed by atoms with Crippen molar-refractivity contribution in [2.45, 2.75) is 32.2 Å². The van der Waals surface area contributed by atoms with E-state index in [2.05, 4.69) is 22.4 Å². The zero-order valence-corrected chi connectivity index (χ0v) is 17.5. The fourth-order valence-electron chi connectivity index (χ4n) is 4.07. The van der Waals surface area contributed by atoms with Crippen LogP contribution in [0.4, 0.5) is 5.00 Å². The summed E-state index contributed by atoms with van der Waals surface area (Å²) in [5.41, 5.74) is 5.18. The van der Waals surface area contributed by atoms with Gasteiger partial charge in [0.2, 0.25) is 0 Å². The summed E-state index contributed by atoms with van der Waals surface area (Å²) < 4.78 is 0. The third-order valence-electron chi connectivity index (χ3n) is 5.62. The number of rotatable bonds is 5. The average Bonchev–Trinajstić information content (AvgIpc) is 3.38. The largest absolute Gasteiger partial charge is 0.361 e. The molecule has 0 bridgehead atoms. The van der Waals surface area contributed by atoms with Gasteiger partial charge in [-0.15, -0.1) is 11.3 Å². The molecule has 0 aliphatic heterocycles. The maximum atomic E-state index is 13.2. The minimum atomic E-state index is -0.0238. The van der Waals surface area contributed by atoms with E-state index >= 15 is 0 Å². The lowest BCUT2D eigenvalue weighted by atomic mass is 9.95. The van der Waals surface area contributed by atoms with Gasteiger partial charge in [0.05, 0.1) is 5.56 Å². The number of fused-ring (bicyclic) bond motifs is 2. The molecule has 2 aromatic carbocycles. The van der Waals surface area contributed by atoms with Gasteiger partial charge in [0, 0.05) is 40.3 Å². The Hall–Kier alpha value is -3.18. The normalized spacial score (nSPS) is 13.6. The van der Waals surface area contributed by atoms with Crippen molar-refractivity contribution in [2.24, 2.45) is 4.99 Å². The highest BCUT2D eigenvalue weighted by Gasteiger charge is 2.25. The van der Waals surface area contributed by atoms with Crippen LogP contribution in [-0.2, 0) is 19.4 Å². The average molecular weight is 414 g/mol. The van der Waals surface area contributed by atoms with E-state index in [0.717, 1.165) is 51.9 Å². The van der Waals surface area contributed by atoms with Crippen molar-refractivity contribution in [2.75, 3.05) is 0 Å². The van der Waals surface area contributed by atoms with E-state index in [1.54, 1.807) is 11.3 Å². The molecule has 0 atom stereocenters. The van der Waals surface area contributed by atoms with Crippen LogP contribution in [0.2, 0.25) is 0 Å². The Morgan fingerprint density at radius 3 is 2.77 bits per heavy atom. The van der Waals surface area contributed by atoms with Crippen LogP contribution in [0.15, 0.2) is 65.8 Å². The van der Waals surface area contributed by atoms with E-state index in [-0.39, 0.29) is 5.91 Å². The molecule has 0 radical (unpaired) electrons. The molecule has 1 aliphatic rings. The maximum Gasteiger partial charge on any atom is 0.254 e. The Morgan fingerprint density at radius 1 is 1.07 bits per heavy atom. The van der Waals surface area contributed by atoms with Crippen LogP contribution in [0.25, 0.3) is 10.9 Å². The minimum absolute atomic E-state index is 0.0238. The van der Waals surface area contributed by atoms with E-state index < -0.39 is 0 Å². The van der Waals surface area contributed by atoms with Crippen molar-refractivity contribution >= 4 is 39.4 Å². The van der Waals surface area contributed by atoms with E-state index in [0.29, 0.717) is 6.54 Å². The zero-order chi connectivity index (χ0) is 20.3. The second kappa shape index (κ2) is 8.28. The predicted molar refractivity (Wildman–Crippen MR) is 124 cm³/mol. The number of carbonyl (C=O) groups excluding carboxylic acids is 1. The highest BCUT2D eigenvalue weighted by atomic mass is 32.1. The van der Waals surface area contributed by atoms with Crippen LogP contribution < -0.4 is 5.32 Å². The molecule has 5 heteroatoms. The summed E-state index contributed by atoms with van der Waals surface area (Å²) in [6.07, 6.45) is 8.17. The SMILES string of the molecule is O=C(NCc1ccccc1)c1c(/N=C/c2c[nH]c3ccccc23)sc2c1CCCC2. The third kappa shape index (κ3) is 3.68. The first-order valence-electron chi connectivity index (χ1n) is 10.4. The highest BCUT2D eigenvalue weighted by Crippen LogP contribution is 2.40. The molecule has 0 unspecified atom stereocenters. The smallest absolute Gasteiger partial charge is 0.254 e. The lowest BCUT2D eigenvalue weighted by Gasteiger charge is -2.12. The Bertz CT molecular complexity index is 1220. The van der Waals surface area contributed by atoms with Crippen molar-refractivity contribution in [3.05, 3.63) is 87.9 Å². The molecule has 4 nitrogen and oxygen atoms in total. The Balaban J connectivity index is 1.46. The van der Waals surface area contributed by atoms with Gasteiger partial charge in [-0.3, -0.25) is 4.79 Å². The predicted octanol–water partition coefficient (Wildman–Crippen LogP) is 5.79. The van der Waals surface area contributed by atoms with Crippen molar-refractivity contribution < 1.29 is 4.79 Å². The topological polar surface area (TPSA) is 57.2 Å². The summed E-state index contributed by atoms with van der Waals surface area (Å²) in [6.45, 7) is 0.524. The molecule has 0 spiro atoms. The first-order chi connectivity index (χ1) is 14.8. The van der Waals surface area contributed by atoms with Gasteiger partial charge in [-0.2, -0.15) is 0 Å². The quantitative estimate of drug-likeness (QED) is 0.400. The number of aryl methyl sites for hydroxylation is 1. The van der Waals surface area contributed by atoms with Gasteiger partial charge in [0.15, 0.2) is 0 Å². The number of nitrogens with one attached hydrogen (secondary N) is 2. The summed E-state index contributed by atoms with van der Waals surface area (Å²) in [5, 5.41) is 5.06. The van der Waals surface area contributed by atoms with Crippen LogP contribution in [0.5, 0.6) is 0 Å². The molecule has 2 heterocycles. The summed E-state index contributed by atoms with van der Waals surface area (Å²) in [6, 6.07) is 18.2. The van der Waals surface area contributed by atoms with E-state index in [1.807, 2.05) is 54.9 Å². The highest BCUT2D eigenvalue weighted by molar-refractivity contribution is 7.16. The van der Waals surface area contributed by atoms with E-state index in [1.165, 1.54) is 16.9 Å². The number of aliphatic imine (C=N–C) groups is 1. The fraction of sp³-hybridized carbons (Fsp3) is 0.200. The molecule has 1 aliphatic carbocycles. The van der Waals surface area contributed by atoms with Crippen molar-refractivity contribution in [3.63, 3.8) is 0 Å². The monoisotopic (exact) mass is 413 g/mol. The molecule has 5 rings (SSSR count). The number of amides is 1. The number of thiophene rings is 1. The molecule has 1 amide bonds. The van der Waals surface area contributed by atoms with Crippen molar-refractivity contribution in [3.8, 4) is 0 Å². The summed E-state index contributed by atoms with van der Waals surface area (Å²) in [7, 11) is 0. The molecule has 0 saturated carbocycles. The molecule has 2 N–H and O–H groups in total. The summed E-state index contributed by atoms with van der Waals surface area (Å²) >= 11 is 1.67. The van der Waals surface area contributed by atoms with Gasteiger partial charge in [0.1, 0.15) is 5.00 Å². The molecule has 30 heavy (non-hydrogen) atoms. The first kappa shape index (κ1) is 18.8. The van der Waals surface area contributed by atoms with Gasteiger partial charge in [-0.05, 0) is 42.9 Å². The number of hydrogen-bond donors (Lipinski definition) is 2. The lowest BCUT2D eigenvalue weighted by Crippen LogP contribution is -2.24. The van der Waals surface area contributed by atoms with Crippen LogP contribution in [0, 0.1) is 0 Å². The van der Waals surface area contributed by atoms with Gasteiger partial charge in [-0.1, -0.05) is 48.5 Å². The van der Waals surface area contributed by atoms with E-state index in [4.69, 9.17) is 4.99 Å². The van der Waals surface area contributed by atoms with Crippen LogP contribution in [0.1, 0.15) is 44.8 Å². The molecule has 2 aromatic heterocycles. The number of para-hydroxylation sites is 1. The Morgan fingerprint density at radius 2 is 1.87 bits per heavy atom. The van der Waals surface area contributed by atoms with Gasteiger partial charge >= 0.3 is 0 Å². The number of aromatic amines is 1. The first-order valence-corrected chi connectivity index (χ1v) is 11.2. The molecular weight excluding hydrogens is 390 g/mol. The van der Waals surface area contributed by atoms with Crippen LogP contribution in [0.3, 0.4) is 0 Å². The Kier molecular flexibility index (Phi) is 5.20. The number of nitrogens with zero attached hydrogens (tertiary/aromatic N) is 1. The van der Waals surface area contributed by atoms with Gasteiger partial charge in [0.25, 0.3) is 5.91 Å². The lowest BCUT2D eigenvalue weighted by molar-refractivity contribution is 0.0951. The molecular formula is C25H23N3OS. The second-order valence-corrected chi connectivity index (χ2v) is 8.69.